The number of nitrogens with one attached hydrogen (secondary N) is 3. The molecule has 10 heteroatoms. The maximum atomic E-state index is 12.2. The Kier molecular flexibility index (Phi) is 3.97. The first-order chi connectivity index (χ1) is 11.3. The van der Waals surface area contributed by atoms with E-state index >= 15 is 0 Å². The monoisotopic (exact) mass is 348 g/mol. The summed E-state index contributed by atoms with van der Waals surface area (Å²) in [6.45, 7) is 1.81. The number of aromatic nitrogens is 4. The Bertz CT molecular complexity index is 1000. The summed E-state index contributed by atoms with van der Waals surface area (Å²) in [5.74, 6) is -0.253. The third-order valence-electron chi connectivity index (χ3n) is 3.18. The van der Waals surface area contributed by atoms with Gasteiger partial charge in [0, 0.05) is 16.6 Å². The zero-order chi connectivity index (χ0) is 17.3. The van der Waals surface area contributed by atoms with Crippen LogP contribution >= 0.6 is 0 Å². The number of carbonyl (C=O) groups is 1. The van der Waals surface area contributed by atoms with Crippen LogP contribution in [0.1, 0.15) is 5.69 Å². The summed E-state index contributed by atoms with van der Waals surface area (Å²) in [6.07, 6.45) is 2.25. The Morgan fingerprint density at radius 3 is 2.92 bits per heavy atom. The van der Waals surface area contributed by atoms with Crippen LogP contribution in [0, 0.1) is 6.92 Å². The summed E-state index contributed by atoms with van der Waals surface area (Å²) in [7, 11) is -3.43. The fourth-order valence-electron chi connectivity index (χ4n) is 2.33. The number of benzene rings is 1. The number of amides is 1. The summed E-state index contributed by atoms with van der Waals surface area (Å²) >= 11 is 0. The summed E-state index contributed by atoms with van der Waals surface area (Å²) in [4.78, 5) is 16.5. The molecule has 0 aliphatic rings. The van der Waals surface area contributed by atoms with Crippen molar-refractivity contribution in [3.8, 4) is 0 Å². The Balaban J connectivity index is 1.71. The Morgan fingerprint density at radius 1 is 1.38 bits per heavy atom. The molecule has 0 unspecified atom stereocenters. The molecule has 0 aliphatic heterocycles. The molecular weight excluding hydrogens is 332 g/mol. The molecule has 1 aromatic carbocycles. The van der Waals surface area contributed by atoms with E-state index in [-0.39, 0.29) is 18.3 Å². The van der Waals surface area contributed by atoms with Crippen LogP contribution in [0.2, 0.25) is 0 Å². The molecule has 1 amide bonds. The lowest BCUT2D eigenvalue weighted by molar-refractivity contribution is -0.117. The van der Waals surface area contributed by atoms with Gasteiger partial charge in [0.05, 0.1) is 18.1 Å². The lowest BCUT2D eigenvalue weighted by atomic mass is 10.2. The molecule has 0 saturated heterocycles. The van der Waals surface area contributed by atoms with Gasteiger partial charge in [-0.1, -0.05) is 6.07 Å². The number of hydrogen-bond donors (Lipinski definition) is 3. The van der Waals surface area contributed by atoms with Crippen molar-refractivity contribution in [1.82, 2.24) is 20.0 Å². The first-order valence-electron chi connectivity index (χ1n) is 7.06. The van der Waals surface area contributed by atoms with Gasteiger partial charge in [-0.25, -0.2) is 8.42 Å². The SMILES string of the molecule is Cc1cc2c(NC(=O)Cn3ncc(NS(C)(=O)=O)n3)cccc2[nH]1. The van der Waals surface area contributed by atoms with E-state index in [0.29, 0.717) is 5.69 Å². The van der Waals surface area contributed by atoms with Gasteiger partial charge in [-0.2, -0.15) is 9.90 Å². The molecule has 126 valence electrons. The van der Waals surface area contributed by atoms with E-state index < -0.39 is 10.0 Å². The molecule has 3 N–H and O–H groups in total. The predicted molar refractivity (Wildman–Crippen MR) is 90.2 cm³/mol. The summed E-state index contributed by atoms with van der Waals surface area (Å²) in [5.41, 5.74) is 2.61. The molecular formula is C14H16N6O3S. The number of aryl methyl sites for hydroxylation is 1. The quantitative estimate of drug-likeness (QED) is 0.637. The lowest BCUT2D eigenvalue weighted by Gasteiger charge is -2.06. The molecule has 0 fully saturated rings. The second kappa shape index (κ2) is 5.96. The molecule has 24 heavy (non-hydrogen) atoms. The first-order valence-corrected chi connectivity index (χ1v) is 8.95. The normalized spacial score (nSPS) is 11.6. The average molecular weight is 348 g/mol. The third kappa shape index (κ3) is 3.71. The highest BCUT2D eigenvalue weighted by Crippen LogP contribution is 2.23. The molecule has 0 radical (unpaired) electrons. The Labute approximate surface area is 138 Å². The van der Waals surface area contributed by atoms with Crippen molar-refractivity contribution in [1.29, 1.82) is 0 Å². The van der Waals surface area contributed by atoms with Crippen LogP contribution in [-0.4, -0.2) is 40.6 Å². The van der Waals surface area contributed by atoms with Crippen LogP contribution < -0.4 is 10.0 Å². The minimum atomic E-state index is -3.43. The van der Waals surface area contributed by atoms with E-state index in [1.54, 1.807) is 6.07 Å². The fraction of sp³-hybridized carbons (Fsp3) is 0.214. The largest absolute Gasteiger partial charge is 0.359 e. The van der Waals surface area contributed by atoms with Crippen molar-refractivity contribution in [2.24, 2.45) is 0 Å². The number of rotatable bonds is 5. The smallest absolute Gasteiger partial charge is 0.247 e. The predicted octanol–water partition coefficient (Wildman–Crippen LogP) is 1.08. The second-order valence-electron chi connectivity index (χ2n) is 5.40. The number of H-pyrrole nitrogens is 1. The Hall–Kier alpha value is -2.88. The number of fused-ring (bicyclic) bond motifs is 1. The van der Waals surface area contributed by atoms with E-state index in [0.717, 1.165) is 27.6 Å². The van der Waals surface area contributed by atoms with Gasteiger partial charge >= 0.3 is 0 Å². The lowest BCUT2D eigenvalue weighted by Crippen LogP contribution is -2.20. The molecule has 2 heterocycles. The zero-order valence-electron chi connectivity index (χ0n) is 13.1. The standard InChI is InChI=1S/C14H16N6O3S/c1-9-6-10-11(16-9)4-3-5-12(10)17-14(21)8-20-15-7-13(18-20)19-24(2,22)23/h3-7,16H,8H2,1-2H3,(H,17,21)(H,18,19). The number of aromatic amines is 1. The van der Waals surface area contributed by atoms with Crippen LogP contribution in [0.15, 0.2) is 30.5 Å². The molecule has 0 aliphatic carbocycles. The highest BCUT2D eigenvalue weighted by molar-refractivity contribution is 7.92. The van der Waals surface area contributed by atoms with Crippen LogP contribution in [0.25, 0.3) is 10.9 Å². The Morgan fingerprint density at radius 2 is 2.17 bits per heavy atom. The topological polar surface area (TPSA) is 122 Å². The van der Waals surface area contributed by atoms with Crippen molar-refractivity contribution >= 4 is 38.3 Å². The van der Waals surface area contributed by atoms with Crippen LogP contribution in [0.5, 0.6) is 0 Å². The van der Waals surface area contributed by atoms with Crippen LogP contribution in [0.3, 0.4) is 0 Å². The average Bonchev–Trinajstić information content (AvgIpc) is 3.03. The van der Waals surface area contributed by atoms with Gasteiger partial charge in [-0.05, 0) is 25.1 Å². The summed E-state index contributed by atoms with van der Waals surface area (Å²) in [5, 5.41) is 11.5. The van der Waals surface area contributed by atoms with Gasteiger partial charge in [0.15, 0.2) is 5.82 Å². The molecule has 0 saturated carbocycles. The van der Waals surface area contributed by atoms with E-state index in [1.165, 1.54) is 6.20 Å². The van der Waals surface area contributed by atoms with Gasteiger partial charge in [0.25, 0.3) is 0 Å². The van der Waals surface area contributed by atoms with Gasteiger partial charge < -0.3 is 10.3 Å². The third-order valence-corrected chi connectivity index (χ3v) is 3.76. The van der Waals surface area contributed by atoms with Gasteiger partial charge in [0.1, 0.15) is 6.54 Å². The number of carbonyl (C=O) groups excluding carboxylic acids is 1. The van der Waals surface area contributed by atoms with Gasteiger partial charge in [0.2, 0.25) is 15.9 Å². The zero-order valence-corrected chi connectivity index (χ0v) is 13.9. The van der Waals surface area contributed by atoms with Crippen molar-refractivity contribution in [2.45, 2.75) is 13.5 Å². The molecule has 3 rings (SSSR count). The van der Waals surface area contributed by atoms with E-state index in [1.807, 2.05) is 25.1 Å². The second-order valence-corrected chi connectivity index (χ2v) is 7.15. The number of hydrogen-bond acceptors (Lipinski definition) is 5. The highest BCUT2D eigenvalue weighted by atomic mass is 32.2. The summed E-state index contributed by atoms with van der Waals surface area (Å²) < 4.78 is 24.5. The van der Waals surface area contributed by atoms with Crippen molar-refractivity contribution in [2.75, 3.05) is 16.3 Å². The van der Waals surface area contributed by atoms with Gasteiger partial charge in [-0.3, -0.25) is 9.52 Å². The molecule has 0 spiro atoms. The van der Waals surface area contributed by atoms with Crippen molar-refractivity contribution in [3.63, 3.8) is 0 Å². The number of nitrogens with zero attached hydrogens (tertiary/aromatic N) is 3. The molecule has 2 aromatic heterocycles. The number of anilines is 2. The molecule has 9 nitrogen and oxygen atoms in total. The maximum Gasteiger partial charge on any atom is 0.247 e. The maximum absolute atomic E-state index is 12.2. The minimum absolute atomic E-state index is 0.0636. The first kappa shape index (κ1) is 16.0. The van der Waals surface area contributed by atoms with E-state index in [9.17, 15) is 13.2 Å². The minimum Gasteiger partial charge on any atom is -0.359 e. The molecule has 0 bridgehead atoms. The van der Waals surface area contributed by atoms with Gasteiger partial charge in [-0.15, -0.1) is 5.10 Å². The van der Waals surface area contributed by atoms with Crippen LogP contribution in [0.4, 0.5) is 11.5 Å². The van der Waals surface area contributed by atoms with E-state index in [4.69, 9.17) is 0 Å². The molecule has 3 aromatic rings. The van der Waals surface area contributed by atoms with E-state index in [2.05, 4.69) is 25.2 Å². The van der Waals surface area contributed by atoms with Crippen molar-refractivity contribution in [3.05, 3.63) is 36.2 Å². The van der Waals surface area contributed by atoms with Crippen LogP contribution in [-0.2, 0) is 21.4 Å². The summed E-state index contributed by atoms with van der Waals surface area (Å²) in [6, 6.07) is 7.52. The molecule has 0 atom stereocenters. The fourth-order valence-corrected chi connectivity index (χ4v) is 2.81. The van der Waals surface area contributed by atoms with Crippen molar-refractivity contribution < 1.29 is 13.2 Å². The highest BCUT2D eigenvalue weighted by Gasteiger charge is 2.11. The number of sulfonamides is 1.